The maximum atomic E-state index is 14.3. The number of phenolic OH excluding ortho intramolecular Hbond substituents is 1. The van der Waals surface area contributed by atoms with Crippen LogP contribution in [0.25, 0.3) is 0 Å². The van der Waals surface area contributed by atoms with Crippen molar-refractivity contribution in [2.24, 2.45) is 29.4 Å². The molecule has 3 amide bonds. The van der Waals surface area contributed by atoms with Crippen molar-refractivity contribution >= 4 is 52.4 Å². The van der Waals surface area contributed by atoms with E-state index in [9.17, 15) is 43.8 Å². The van der Waals surface area contributed by atoms with Crippen molar-refractivity contribution in [2.75, 3.05) is 66.2 Å². The largest absolute Gasteiger partial charge is 0.505 e. The first kappa shape index (κ1) is 33.5. The number of Topliss-reactive ketones (excluding diaryl/α,β-unsaturated/α-hetero) is 4. The fourth-order valence-corrected chi connectivity index (χ4v) is 7.06. The highest BCUT2D eigenvalue weighted by molar-refractivity contribution is 6.32. The highest BCUT2D eigenvalue weighted by Gasteiger charge is 2.72. The summed E-state index contributed by atoms with van der Waals surface area (Å²) < 4.78 is 4.79. The highest BCUT2D eigenvalue weighted by atomic mass is 16.5. The summed E-state index contributed by atoms with van der Waals surface area (Å²) in [7, 11) is 10.6. The van der Waals surface area contributed by atoms with E-state index in [1.54, 1.807) is 38.0 Å². The first-order valence-corrected chi connectivity index (χ1v) is 14.1. The van der Waals surface area contributed by atoms with Crippen LogP contribution < -0.4 is 21.3 Å². The number of likely N-dealkylation sites (N-methyl/N-ethyl adjacent to an activating group) is 2. The van der Waals surface area contributed by atoms with Crippen LogP contribution >= 0.6 is 0 Å². The Labute approximate surface area is 258 Å². The number of nitrogens with two attached hydrogens (primary N) is 1. The molecule has 1 aromatic rings. The Hall–Kier alpha value is -4.41. The zero-order valence-electron chi connectivity index (χ0n) is 26.0. The first-order valence-electron chi connectivity index (χ1n) is 14.1. The van der Waals surface area contributed by atoms with Gasteiger partial charge < -0.3 is 41.1 Å². The molecule has 6 N–H and O–H groups in total. The maximum Gasteiger partial charge on any atom is 0.407 e. The zero-order valence-corrected chi connectivity index (χ0v) is 26.0. The molecule has 0 saturated heterocycles. The number of ether oxygens (including phenoxy) is 1. The number of aromatic hydroxyl groups is 1. The molecule has 0 aromatic heterocycles. The minimum Gasteiger partial charge on any atom is -0.505 e. The molecular formula is C29H38N6O10. The summed E-state index contributed by atoms with van der Waals surface area (Å²) in [5, 5.41) is 28.5. The van der Waals surface area contributed by atoms with Crippen LogP contribution in [-0.4, -0.2) is 135 Å². The SMILES string of the molecule is COC(=O)N[C@@H]1[C@H]2[C@H](N(C)C)C(=O)C(C(N)=O)C(=O)[C@@]2(O)C(=O)C2C(=O)c3c(O)c(NC(=O)CN(C)C)cc(N(C)C)c3C[C@H]21. The molecule has 0 radical (unpaired) electrons. The number of rotatable bonds is 7. The normalized spacial score (nSPS) is 29.1. The lowest BCUT2D eigenvalue weighted by Gasteiger charge is -2.56. The second-order valence-electron chi connectivity index (χ2n) is 12.4. The van der Waals surface area contributed by atoms with E-state index in [1.165, 1.54) is 25.1 Å². The van der Waals surface area contributed by atoms with Crippen molar-refractivity contribution in [3.05, 3.63) is 17.2 Å². The van der Waals surface area contributed by atoms with Crippen LogP contribution in [0.5, 0.6) is 5.75 Å². The topological polar surface area (TPSA) is 229 Å². The monoisotopic (exact) mass is 630 g/mol. The lowest BCUT2D eigenvalue weighted by Crippen LogP contribution is -2.79. The second-order valence-corrected chi connectivity index (χ2v) is 12.4. The summed E-state index contributed by atoms with van der Waals surface area (Å²) in [5.74, 6) is -14.1. The number of hydrogen-bond donors (Lipinski definition) is 5. The van der Waals surface area contributed by atoms with E-state index in [0.29, 0.717) is 5.69 Å². The maximum absolute atomic E-state index is 14.3. The molecule has 0 bridgehead atoms. The Balaban J connectivity index is 1.99. The third kappa shape index (κ3) is 5.21. The zero-order chi connectivity index (χ0) is 33.9. The Morgan fingerprint density at radius 3 is 2.20 bits per heavy atom. The van der Waals surface area contributed by atoms with E-state index in [1.807, 2.05) is 0 Å². The van der Waals surface area contributed by atoms with E-state index in [2.05, 4.69) is 10.6 Å². The average Bonchev–Trinajstić information content (AvgIpc) is 2.92. The van der Waals surface area contributed by atoms with E-state index in [4.69, 9.17) is 10.5 Å². The lowest BCUT2D eigenvalue weighted by atomic mass is 9.50. The number of amides is 3. The number of aliphatic hydroxyl groups is 1. The van der Waals surface area contributed by atoms with Crippen LogP contribution in [0.2, 0.25) is 0 Å². The van der Waals surface area contributed by atoms with Crippen LogP contribution in [0.15, 0.2) is 6.07 Å². The number of nitrogens with zero attached hydrogens (tertiary/aromatic N) is 3. The summed E-state index contributed by atoms with van der Waals surface area (Å²) in [6.07, 6.45) is -1.18. The number of hydrogen-bond acceptors (Lipinski definition) is 13. The van der Waals surface area contributed by atoms with Gasteiger partial charge in [0.25, 0.3) is 0 Å². The van der Waals surface area contributed by atoms with E-state index in [0.717, 1.165) is 7.11 Å². The molecule has 244 valence electrons. The van der Waals surface area contributed by atoms with Gasteiger partial charge in [-0.3, -0.25) is 33.7 Å². The number of ketones is 4. The molecule has 3 aliphatic carbocycles. The van der Waals surface area contributed by atoms with Gasteiger partial charge in [-0.25, -0.2) is 4.79 Å². The summed E-state index contributed by atoms with van der Waals surface area (Å²) >= 11 is 0. The van der Waals surface area contributed by atoms with Crippen LogP contribution in [-0.2, 0) is 35.1 Å². The minimum absolute atomic E-state index is 0.0465. The molecule has 0 spiro atoms. The van der Waals surface area contributed by atoms with Gasteiger partial charge in [0.05, 0.1) is 36.9 Å². The number of carbonyl (C=O) groups is 7. The van der Waals surface area contributed by atoms with E-state index < -0.39 is 88.1 Å². The molecule has 16 nitrogen and oxygen atoms in total. The molecule has 1 aromatic carbocycles. The molecule has 4 rings (SSSR count). The number of methoxy groups -OCH3 is 1. The lowest BCUT2D eigenvalue weighted by molar-refractivity contribution is -0.184. The van der Waals surface area contributed by atoms with Crippen LogP contribution in [0, 0.1) is 23.7 Å². The van der Waals surface area contributed by atoms with Crippen LogP contribution in [0.3, 0.4) is 0 Å². The summed E-state index contributed by atoms with van der Waals surface area (Å²) in [4.78, 5) is 98.1. The number of anilines is 2. The number of carbonyl (C=O) groups excluding carboxylic acids is 7. The van der Waals surface area contributed by atoms with Crippen molar-refractivity contribution in [2.45, 2.75) is 24.1 Å². The van der Waals surface area contributed by atoms with Crippen molar-refractivity contribution in [3.63, 3.8) is 0 Å². The van der Waals surface area contributed by atoms with Crippen molar-refractivity contribution in [1.29, 1.82) is 0 Å². The van der Waals surface area contributed by atoms with Gasteiger partial charge in [-0.05, 0) is 46.2 Å². The average molecular weight is 631 g/mol. The minimum atomic E-state index is -3.11. The third-order valence-electron chi connectivity index (χ3n) is 8.85. The fraction of sp³-hybridized carbons (Fsp3) is 0.552. The molecular weight excluding hydrogens is 592 g/mol. The predicted molar refractivity (Wildman–Crippen MR) is 158 cm³/mol. The standard InChI is InChI=1S/C29H38N6O10/c1-33(2)10-15(36)31-13-9-14(34(3)4)11-8-12-17(23(38)16(11)22(13)37)25(40)29(44)19(20(12)32-28(43)45-7)21(35(5)6)24(39)18(26(29)41)27(30)42/h9,12,17-21,37,44H,8,10H2,1-7H3,(H2,30,42)(H,31,36)(H,32,43)/t12-,17?,18?,19+,20+,21+,29+/m1/s1. The smallest absolute Gasteiger partial charge is 0.407 e. The first-order chi connectivity index (χ1) is 20.9. The molecule has 0 aliphatic heterocycles. The number of primary amides is 1. The third-order valence-corrected chi connectivity index (χ3v) is 8.85. The van der Waals surface area contributed by atoms with Gasteiger partial charge in [-0.2, -0.15) is 0 Å². The van der Waals surface area contributed by atoms with Gasteiger partial charge in [0.15, 0.2) is 34.7 Å². The van der Waals surface area contributed by atoms with Gasteiger partial charge in [-0.15, -0.1) is 0 Å². The Morgan fingerprint density at radius 2 is 1.69 bits per heavy atom. The summed E-state index contributed by atoms with van der Waals surface area (Å²) in [6, 6.07) is -1.40. The molecule has 2 saturated carbocycles. The van der Waals surface area contributed by atoms with Crippen molar-refractivity contribution < 1.29 is 48.5 Å². The van der Waals surface area contributed by atoms with Crippen LogP contribution in [0.1, 0.15) is 15.9 Å². The molecule has 2 unspecified atom stereocenters. The second kappa shape index (κ2) is 11.8. The highest BCUT2D eigenvalue weighted by Crippen LogP contribution is 2.53. The molecule has 3 aliphatic rings. The van der Waals surface area contributed by atoms with Gasteiger partial charge in [0.2, 0.25) is 11.8 Å². The van der Waals surface area contributed by atoms with Gasteiger partial charge in [-0.1, -0.05) is 0 Å². The summed E-state index contributed by atoms with van der Waals surface area (Å²) in [5.41, 5.74) is 2.53. The molecule has 16 heteroatoms. The van der Waals surface area contributed by atoms with Crippen molar-refractivity contribution in [3.8, 4) is 5.75 Å². The van der Waals surface area contributed by atoms with Gasteiger partial charge in [0.1, 0.15) is 5.75 Å². The van der Waals surface area contributed by atoms with Crippen LogP contribution in [0.4, 0.5) is 16.2 Å². The summed E-state index contributed by atoms with van der Waals surface area (Å²) in [6.45, 7) is -0.0465. The predicted octanol–water partition coefficient (Wildman–Crippen LogP) is -2.23. The number of benzene rings is 1. The molecule has 0 heterocycles. The Morgan fingerprint density at radius 1 is 1.07 bits per heavy atom. The van der Waals surface area contributed by atoms with E-state index in [-0.39, 0.29) is 29.8 Å². The van der Waals surface area contributed by atoms with Crippen molar-refractivity contribution in [1.82, 2.24) is 15.1 Å². The molecule has 7 atom stereocenters. The molecule has 45 heavy (non-hydrogen) atoms. The quantitative estimate of drug-likeness (QED) is 0.159. The Bertz CT molecular complexity index is 1510. The fourth-order valence-electron chi connectivity index (χ4n) is 7.06. The van der Waals surface area contributed by atoms with E-state index >= 15 is 0 Å². The Kier molecular flexibility index (Phi) is 8.80. The number of fused-ring (bicyclic) bond motifs is 3. The number of phenols is 1. The van der Waals surface area contributed by atoms with Gasteiger partial charge >= 0.3 is 6.09 Å². The number of alkyl carbamates (subject to hydrolysis) is 1. The molecule has 2 fully saturated rings. The number of nitrogens with one attached hydrogen (secondary N) is 2. The van der Waals surface area contributed by atoms with Gasteiger partial charge in [0, 0.05) is 37.7 Å².